The van der Waals surface area contributed by atoms with E-state index in [0.717, 1.165) is 24.1 Å². The zero-order valence-corrected chi connectivity index (χ0v) is 21.7. The number of aromatic nitrogens is 3. The summed E-state index contributed by atoms with van der Waals surface area (Å²) >= 11 is 6.22. The van der Waals surface area contributed by atoms with Crippen LogP contribution in [0.2, 0.25) is 5.02 Å². The van der Waals surface area contributed by atoms with Gasteiger partial charge in [-0.25, -0.2) is 9.97 Å². The van der Waals surface area contributed by atoms with E-state index in [-0.39, 0.29) is 24.1 Å². The van der Waals surface area contributed by atoms with Gasteiger partial charge in [-0.05, 0) is 63.7 Å². The highest BCUT2D eigenvalue weighted by Crippen LogP contribution is 2.27. The summed E-state index contributed by atoms with van der Waals surface area (Å²) in [4.78, 5) is 37.9. The number of nitrogens with zero attached hydrogens (tertiary/aromatic N) is 4. The Morgan fingerprint density at radius 1 is 1.08 bits per heavy atom. The fourth-order valence-electron chi connectivity index (χ4n) is 4.12. The van der Waals surface area contributed by atoms with Crippen LogP contribution in [0, 0.1) is 0 Å². The molecule has 186 valence electrons. The highest BCUT2D eigenvalue weighted by Gasteiger charge is 2.18. The molecule has 2 aromatic heterocycles. The van der Waals surface area contributed by atoms with E-state index in [0.29, 0.717) is 27.4 Å². The predicted molar refractivity (Wildman–Crippen MR) is 145 cm³/mol. The highest BCUT2D eigenvalue weighted by atomic mass is 35.5. The Morgan fingerprint density at radius 2 is 1.86 bits per heavy atom. The van der Waals surface area contributed by atoms with Gasteiger partial charge in [0.2, 0.25) is 5.91 Å². The van der Waals surface area contributed by atoms with E-state index in [1.807, 2.05) is 58.3 Å². The molecule has 1 amide bonds. The zero-order chi connectivity index (χ0) is 25.8. The number of nitrogens with one attached hydrogen (secondary N) is 1. The van der Waals surface area contributed by atoms with E-state index in [4.69, 9.17) is 16.6 Å². The van der Waals surface area contributed by atoms with Crippen LogP contribution in [0.15, 0.2) is 65.6 Å². The van der Waals surface area contributed by atoms with Gasteiger partial charge < -0.3 is 10.2 Å². The van der Waals surface area contributed by atoms with Gasteiger partial charge >= 0.3 is 0 Å². The number of hydrogen-bond donors (Lipinski definition) is 1. The van der Waals surface area contributed by atoms with E-state index in [9.17, 15) is 9.59 Å². The maximum atomic E-state index is 13.8. The first-order valence-electron chi connectivity index (χ1n) is 11.9. The van der Waals surface area contributed by atoms with Crippen molar-refractivity contribution < 1.29 is 4.79 Å². The number of pyridine rings is 1. The van der Waals surface area contributed by atoms with Crippen LogP contribution in [-0.4, -0.2) is 52.0 Å². The molecule has 7 nitrogen and oxygen atoms in total. The minimum absolute atomic E-state index is 0.0526. The lowest BCUT2D eigenvalue weighted by molar-refractivity contribution is -0.122. The largest absolute Gasteiger partial charge is 0.352 e. The highest BCUT2D eigenvalue weighted by molar-refractivity contribution is 6.30. The van der Waals surface area contributed by atoms with Gasteiger partial charge in [0.05, 0.1) is 5.39 Å². The summed E-state index contributed by atoms with van der Waals surface area (Å²) in [6.07, 6.45) is 2.62. The average molecular weight is 504 g/mol. The SMILES string of the molecule is CC(C)NC(=O)Cn1c(-c2cccc(Cl)c2)nc2ncc(-c3ccccc3CCN(C)C)cc2c1=O. The molecule has 4 aromatic rings. The molecule has 0 radical (unpaired) electrons. The van der Waals surface area contributed by atoms with E-state index in [2.05, 4.69) is 21.3 Å². The molecule has 2 heterocycles. The number of amides is 1. The number of benzene rings is 2. The van der Waals surface area contributed by atoms with Gasteiger partial charge in [0.25, 0.3) is 5.56 Å². The first kappa shape index (κ1) is 25.5. The number of halogens is 1. The number of carbonyl (C=O) groups is 1. The molecule has 0 spiro atoms. The van der Waals surface area contributed by atoms with Crippen molar-refractivity contribution in [1.82, 2.24) is 24.8 Å². The van der Waals surface area contributed by atoms with Crippen molar-refractivity contribution >= 4 is 28.5 Å². The number of fused-ring (bicyclic) bond motifs is 1. The molecule has 8 heteroatoms. The van der Waals surface area contributed by atoms with Crippen LogP contribution < -0.4 is 10.9 Å². The van der Waals surface area contributed by atoms with Crippen LogP contribution >= 0.6 is 11.6 Å². The summed E-state index contributed by atoms with van der Waals surface area (Å²) in [7, 11) is 4.09. The number of rotatable bonds is 8. The third kappa shape index (κ3) is 5.80. The fraction of sp³-hybridized carbons (Fsp3) is 0.286. The smallest absolute Gasteiger partial charge is 0.263 e. The molecule has 0 aliphatic carbocycles. The average Bonchev–Trinajstić information content (AvgIpc) is 2.84. The Labute approximate surface area is 215 Å². The van der Waals surface area contributed by atoms with Crippen LogP contribution in [0.5, 0.6) is 0 Å². The Kier molecular flexibility index (Phi) is 7.82. The molecule has 0 saturated carbocycles. The van der Waals surface area contributed by atoms with Crippen molar-refractivity contribution in [2.24, 2.45) is 0 Å². The van der Waals surface area contributed by atoms with Crippen molar-refractivity contribution in [3.05, 3.63) is 81.7 Å². The van der Waals surface area contributed by atoms with Crippen LogP contribution in [0.1, 0.15) is 19.4 Å². The minimum atomic E-state index is -0.325. The number of carbonyl (C=O) groups excluding carboxylic acids is 1. The third-order valence-corrected chi connectivity index (χ3v) is 6.04. The van der Waals surface area contributed by atoms with Gasteiger partial charge in [-0.15, -0.1) is 0 Å². The van der Waals surface area contributed by atoms with E-state index in [1.165, 1.54) is 10.1 Å². The van der Waals surface area contributed by atoms with Gasteiger partial charge in [0.15, 0.2) is 5.65 Å². The van der Waals surface area contributed by atoms with E-state index < -0.39 is 0 Å². The minimum Gasteiger partial charge on any atom is -0.352 e. The first-order chi connectivity index (χ1) is 17.2. The molecule has 2 aromatic carbocycles. The van der Waals surface area contributed by atoms with Gasteiger partial charge in [-0.2, -0.15) is 0 Å². The second-order valence-corrected chi connectivity index (χ2v) is 9.80. The standard InChI is InChI=1S/C28H30ClN5O2/c1-18(2)31-25(35)17-34-27(20-9-7-10-22(29)14-20)32-26-24(28(34)36)15-21(16-30-26)23-11-6-5-8-19(23)12-13-33(3)4/h5-11,14-16,18H,12-13,17H2,1-4H3,(H,31,35). The Balaban J connectivity index is 1.87. The summed E-state index contributed by atoms with van der Waals surface area (Å²) in [6, 6.07) is 17.0. The fourth-order valence-corrected chi connectivity index (χ4v) is 4.31. The number of likely N-dealkylation sites (N-methyl/N-ethyl adjacent to an activating group) is 1. The molecule has 0 saturated heterocycles. The molecule has 0 aliphatic heterocycles. The van der Waals surface area contributed by atoms with Crippen LogP contribution in [-0.2, 0) is 17.8 Å². The molecule has 1 N–H and O–H groups in total. The van der Waals surface area contributed by atoms with Gasteiger partial charge in [-0.1, -0.05) is 48.0 Å². The molecule has 4 rings (SSSR count). The lowest BCUT2D eigenvalue weighted by Gasteiger charge is -2.16. The summed E-state index contributed by atoms with van der Waals surface area (Å²) in [5, 5.41) is 3.72. The van der Waals surface area contributed by atoms with Gasteiger partial charge in [-0.3, -0.25) is 14.2 Å². The summed E-state index contributed by atoms with van der Waals surface area (Å²) in [5.74, 6) is 0.0789. The predicted octanol–water partition coefficient (Wildman–Crippen LogP) is 4.41. The second kappa shape index (κ2) is 11.0. The van der Waals surface area contributed by atoms with Crippen molar-refractivity contribution in [3.63, 3.8) is 0 Å². The quantitative estimate of drug-likeness (QED) is 0.385. The van der Waals surface area contributed by atoms with E-state index in [1.54, 1.807) is 24.4 Å². The van der Waals surface area contributed by atoms with Gasteiger partial charge in [0.1, 0.15) is 12.4 Å². The van der Waals surface area contributed by atoms with Crippen LogP contribution in [0.25, 0.3) is 33.5 Å². The Morgan fingerprint density at radius 3 is 2.58 bits per heavy atom. The summed E-state index contributed by atoms with van der Waals surface area (Å²) in [5.41, 5.74) is 3.67. The molecule has 0 bridgehead atoms. The molecule has 0 unspecified atom stereocenters. The Hall–Kier alpha value is -3.55. The lowest BCUT2D eigenvalue weighted by Crippen LogP contribution is -2.37. The maximum Gasteiger partial charge on any atom is 0.263 e. The molecule has 0 atom stereocenters. The van der Waals surface area contributed by atoms with Crippen LogP contribution in [0.3, 0.4) is 0 Å². The zero-order valence-electron chi connectivity index (χ0n) is 21.0. The topological polar surface area (TPSA) is 80.1 Å². The van der Waals surface area contributed by atoms with E-state index >= 15 is 0 Å². The summed E-state index contributed by atoms with van der Waals surface area (Å²) < 4.78 is 1.40. The monoisotopic (exact) mass is 503 g/mol. The van der Waals surface area contributed by atoms with Gasteiger partial charge in [0, 0.05) is 34.9 Å². The molecule has 36 heavy (non-hydrogen) atoms. The number of hydrogen-bond acceptors (Lipinski definition) is 5. The molecule has 0 fully saturated rings. The summed E-state index contributed by atoms with van der Waals surface area (Å²) in [6.45, 7) is 4.49. The molecular formula is C28H30ClN5O2. The first-order valence-corrected chi connectivity index (χ1v) is 12.3. The second-order valence-electron chi connectivity index (χ2n) is 9.36. The van der Waals surface area contributed by atoms with Crippen molar-refractivity contribution in [2.45, 2.75) is 32.9 Å². The van der Waals surface area contributed by atoms with Crippen molar-refractivity contribution in [2.75, 3.05) is 20.6 Å². The maximum absolute atomic E-state index is 13.8. The van der Waals surface area contributed by atoms with Crippen molar-refractivity contribution in [3.8, 4) is 22.5 Å². The van der Waals surface area contributed by atoms with Crippen molar-refractivity contribution in [1.29, 1.82) is 0 Å². The molecule has 0 aliphatic rings. The Bertz CT molecular complexity index is 1460. The lowest BCUT2D eigenvalue weighted by atomic mass is 9.98. The van der Waals surface area contributed by atoms with Crippen LogP contribution in [0.4, 0.5) is 0 Å². The third-order valence-electron chi connectivity index (χ3n) is 5.80. The normalized spacial score (nSPS) is 11.4. The molecular weight excluding hydrogens is 474 g/mol.